The average molecular weight is 263 g/mol. The molecule has 3 N–H and O–H groups in total. The molecule has 0 aliphatic carbocycles. The Balaban J connectivity index is 1.77. The Morgan fingerprint density at radius 3 is 2.30 bits per heavy atom. The van der Waals surface area contributed by atoms with Gasteiger partial charge in [0, 0.05) is 5.56 Å². The van der Waals surface area contributed by atoms with E-state index in [9.17, 15) is 0 Å². The van der Waals surface area contributed by atoms with Crippen molar-refractivity contribution < 1.29 is 0 Å². The van der Waals surface area contributed by atoms with Crippen molar-refractivity contribution in [3.63, 3.8) is 0 Å². The molecule has 0 fully saturated rings. The van der Waals surface area contributed by atoms with Gasteiger partial charge in [-0.25, -0.2) is 0 Å². The van der Waals surface area contributed by atoms with Gasteiger partial charge in [0.25, 0.3) is 0 Å². The second-order valence-corrected chi connectivity index (χ2v) is 4.87. The summed E-state index contributed by atoms with van der Waals surface area (Å²) < 4.78 is 0. The first-order valence-corrected chi connectivity index (χ1v) is 6.73. The molecular formula is C17H17N3. The molecule has 0 amide bonds. The zero-order chi connectivity index (χ0) is 13.8. The van der Waals surface area contributed by atoms with E-state index < -0.39 is 0 Å². The number of hydrogen-bond donors (Lipinski definition) is 2. The maximum Gasteiger partial charge on any atom is 0.0924 e. The van der Waals surface area contributed by atoms with Gasteiger partial charge in [-0.15, -0.1) is 0 Å². The van der Waals surface area contributed by atoms with E-state index in [1.165, 1.54) is 5.56 Å². The second-order valence-electron chi connectivity index (χ2n) is 4.87. The summed E-state index contributed by atoms with van der Waals surface area (Å²) in [5, 5.41) is 7.39. The van der Waals surface area contributed by atoms with Crippen molar-refractivity contribution in [2.24, 2.45) is 5.73 Å². The van der Waals surface area contributed by atoms with Gasteiger partial charge in [0.2, 0.25) is 0 Å². The van der Waals surface area contributed by atoms with Crippen LogP contribution in [0.3, 0.4) is 0 Å². The van der Waals surface area contributed by atoms with Crippen molar-refractivity contribution in [1.29, 1.82) is 0 Å². The van der Waals surface area contributed by atoms with Crippen molar-refractivity contribution in [3.8, 4) is 11.3 Å². The number of hydrogen-bond acceptors (Lipinski definition) is 2. The normalized spacial score (nSPS) is 12.2. The Morgan fingerprint density at radius 1 is 0.950 bits per heavy atom. The summed E-state index contributed by atoms with van der Waals surface area (Å²) in [5.41, 5.74) is 10.5. The van der Waals surface area contributed by atoms with Gasteiger partial charge >= 0.3 is 0 Å². The molecule has 0 unspecified atom stereocenters. The highest BCUT2D eigenvalue weighted by Crippen LogP contribution is 2.21. The fourth-order valence-corrected chi connectivity index (χ4v) is 2.26. The summed E-state index contributed by atoms with van der Waals surface area (Å²) in [5.74, 6) is 0. The van der Waals surface area contributed by atoms with Crippen LogP contribution < -0.4 is 5.73 Å². The van der Waals surface area contributed by atoms with Gasteiger partial charge in [-0.3, -0.25) is 5.10 Å². The van der Waals surface area contributed by atoms with E-state index in [1.54, 1.807) is 0 Å². The highest BCUT2D eigenvalue weighted by Gasteiger charge is 2.11. The van der Waals surface area contributed by atoms with Gasteiger partial charge in [-0.05, 0) is 18.1 Å². The standard InChI is InChI=1S/C17H17N3/c18-15(11-13-7-3-1-4-8-13)17-12-16(19-20-17)14-9-5-2-6-10-14/h1-10,12,15H,11,18H2,(H,19,20)/t15-/m0/s1. The first kappa shape index (κ1) is 12.6. The van der Waals surface area contributed by atoms with Crippen LogP contribution in [0.25, 0.3) is 11.3 Å². The molecule has 0 aliphatic rings. The Hall–Kier alpha value is -2.39. The largest absolute Gasteiger partial charge is 0.322 e. The molecule has 0 bridgehead atoms. The molecule has 0 radical (unpaired) electrons. The molecule has 100 valence electrons. The highest BCUT2D eigenvalue weighted by atomic mass is 15.1. The molecule has 0 aliphatic heterocycles. The molecule has 1 aromatic heterocycles. The van der Waals surface area contributed by atoms with Gasteiger partial charge < -0.3 is 5.73 Å². The van der Waals surface area contributed by atoms with Crippen molar-refractivity contribution >= 4 is 0 Å². The van der Waals surface area contributed by atoms with Gasteiger partial charge in [0.1, 0.15) is 0 Å². The maximum absolute atomic E-state index is 6.25. The molecule has 20 heavy (non-hydrogen) atoms. The Bertz CT molecular complexity index is 659. The third-order valence-corrected chi connectivity index (χ3v) is 3.37. The SMILES string of the molecule is N[C@@H](Cc1ccccc1)c1cc(-c2ccccc2)n[nH]1. The minimum Gasteiger partial charge on any atom is -0.322 e. The number of aromatic amines is 1. The molecule has 0 saturated heterocycles. The molecule has 3 nitrogen and oxygen atoms in total. The molecule has 3 heteroatoms. The Kier molecular flexibility index (Phi) is 3.61. The van der Waals surface area contributed by atoms with Gasteiger partial charge in [-0.2, -0.15) is 5.10 Å². The lowest BCUT2D eigenvalue weighted by atomic mass is 10.0. The summed E-state index contributed by atoms with van der Waals surface area (Å²) in [4.78, 5) is 0. The van der Waals surface area contributed by atoms with Crippen LogP contribution in [0.15, 0.2) is 66.7 Å². The van der Waals surface area contributed by atoms with E-state index in [0.29, 0.717) is 0 Å². The van der Waals surface area contributed by atoms with Crippen molar-refractivity contribution in [1.82, 2.24) is 10.2 Å². The van der Waals surface area contributed by atoms with Crippen LogP contribution in [0.2, 0.25) is 0 Å². The van der Waals surface area contributed by atoms with E-state index in [0.717, 1.165) is 23.4 Å². The van der Waals surface area contributed by atoms with Gasteiger partial charge in [-0.1, -0.05) is 60.7 Å². The number of H-pyrrole nitrogens is 1. The van der Waals surface area contributed by atoms with Crippen LogP contribution >= 0.6 is 0 Å². The lowest BCUT2D eigenvalue weighted by Gasteiger charge is -2.08. The minimum atomic E-state index is -0.0673. The first-order chi connectivity index (χ1) is 9.83. The summed E-state index contributed by atoms with van der Waals surface area (Å²) in [6.07, 6.45) is 0.803. The zero-order valence-electron chi connectivity index (χ0n) is 11.2. The highest BCUT2D eigenvalue weighted by molar-refractivity contribution is 5.59. The molecular weight excluding hydrogens is 246 g/mol. The summed E-state index contributed by atoms with van der Waals surface area (Å²) in [7, 11) is 0. The Labute approximate surface area is 118 Å². The molecule has 3 rings (SSSR count). The van der Waals surface area contributed by atoms with E-state index in [1.807, 2.05) is 54.6 Å². The quantitative estimate of drug-likeness (QED) is 0.758. The molecule has 0 spiro atoms. The summed E-state index contributed by atoms with van der Waals surface area (Å²) >= 11 is 0. The van der Waals surface area contributed by atoms with Crippen LogP contribution in [0.5, 0.6) is 0 Å². The lowest BCUT2D eigenvalue weighted by Crippen LogP contribution is -2.13. The van der Waals surface area contributed by atoms with Crippen LogP contribution in [0.1, 0.15) is 17.3 Å². The fraction of sp³-hybridized carbons (Fsp3) is 0.118. The number of nitrogens with two attached hydrogens (primary N) is 1. The van der Waals surface area contributed by atoms with E-state index in [-0.39, 0.29) is 6.04 Å². The second kappa shape index (κ2) is 5.72. The predicted molar refractivity (Wildman–Crippen MR) is 81.1 cm³/mol. The third-order valence-electron chi connectivity index (χ3n) is 3.37. The predicted octanol–water partition coefficient (Wildman–Crippen LogP) is 3.32. The summed E-state index contributed by atoms with van der Waals surface area (Å²) in [6.45, 7) is 0. The topological polar surface area (TPSA) is 54.7 Å². The van der Waals surface area contributed by atoms with Crippen molar-refractivity contribution in [2.75, 3.05) is 0 Å². The smallest absolute Gasteiger partial charge is 0.0924 e. The molecule has 3 aromatic rings. The summed E-state index contributed by atoms with van der Waals surface area (Å²) in [6, 6.07) is 22.3. The van der Waals surface area contributed by atoms with Gasteiger partial charge in [0.05, 0.1) is 17.4 Å². The number of benzene rings is 2. The van der Waals surface area contributed by atoms with Crippen LogP contribution in [-0.4, -0.2) is 10.2 Å². The lowest BCUT2D eigenvalue weighted by molar-refractivity contribution is 0.692. The number of nitrogens with one attached hydrogen (secondary N) is 1. The van der Waals surface area contributed by atoms with Crippen molar-refractivity contribution in [2.45, 2.75) is 12.5 Å². The van der Waals surface area contributed by atoms with Crippen LogP contribution in [0.4, 0.5) is 0 Å². The van der Waals surface area contributed by atoms with Gasteiger partial charge in [0.15, 0.2) is 0 Å². The maximum atomic E-state index is 6.25. The average Bonchev–Trinajstić information content (AvgIpc) is 2.99. The third kappa shape index (κ3) is 2.78. The number of nitrogens with zero attached hydrogens (tertiary/aromatic N) is 1. The zero-order valence-corrected chi connectivity index (χ0v) is 11.2. The molecule has 2 aromatic carbocycles. The monoisotopic (exact) mass is 263 g/mol. The van der Waals surface area contributed by atoms with Crippen molar-refractivity contribution in [3.05, 3.63) is 78.0 Å². The fourth-order valence-electron chi connectivity index (χ4n) is 2.26. The van der Waals surface area contributed by atoms with E-state index in [4.69, 9.17) is 5.73 Å². The van der Waals surface area contributed by atoms with Crippen LogP contribution in [0, 0.1) is 0 Å². The number of rotatable bonds is 4. The van der Waals surface area contributed by atoms with E-state index >= 15 is 0 Å². The minimum absolute atomic E-state index is 0.0673. The number of aromatic nitrogens is 2. The molecule has 1 heterocycles. The molecule has 1 atom stereocenters. The first-order valence-electron chi connectivity index (χ1n) is 6.73. The van der Waals surface area contributed by atoms with Crippen LogP contribution in [-0.2, 0) is 6.42 Å². The Morgan fingerprint density at radius 2 is 1.60 bits per heavy atom. The molecule has 0 saturated carbocycles. The van der Waals surface area contributed by atoms with E-state index in [2.05, 4.69) is 22.3 Å².